The standard InChI is InChI=1S/C19H19N5O2/c25-19(23-16-7-11-26-17-5-2-1-4-15(16)17)21-13-14-6-9-20-18(12-14)24-10-3-8-22-24/h1-6,8-10,12,16H,7,11,13H2,(H2,21,23,25). The molecule has 26 heavy (non-hydrogen) atoms. The summed E-state index contributed by atoms with van der Waals surface area (Å²) in [6.07, 6.45) is 5.99. The number of hydrogen-bond donors (Lipinski definition) is 2. The van der Waals surface area contributed by atoms with E-state index in [0.717, 1.165) is 23.3 Å². The zero-order valence-electron chi connectivity index (χ0n) is 14.1. The number of fused-ring (bicyclic) bond motifs is 1. The highest BCUT2D eigenvalue weighted by atomic mass is 16.5. The van der Waals surface area contributed by atoms with E-state index in [0.29, 0.717) is 19.0 Å². The summed E-state index contributed by atoms with van der Waals surface area (Å²) in [6, 6.07) is 13.2. The maximum absolute atomic E-state index is 12.3. The van der Waals surface area contributed by atoms with Gasteiger partial charge < -0.3 is 15.4 Å². The topological polar surface area (TPSA) is 81.1 Å². The largest absolute Gasteiger partial charge is 0.493 e. The van der Waals surface area contributed by atoms with E-state index in [1.807, 2.05) is 48.7 Å². The van der Waals surface area contributed by atoms with Gasteiger partial charge in [0.15, 0.2) is 5.82 Å². The summed E-state index contributed by atoms with van der Waals surface area (Å²) in [5.74, 6) is 1.55. The Morgan fingerprint density at radius 1 is 1.23 bits per heavy atom. The summed E-state index contributed by atoms with van der Waals surface area (Å²) in [7, 11) is 0. The van der Waals surface area contributed by atoms with Crippen molar-refractivity contribution in [2.24, 2.45) is 0 Å². The van der Waals surface area contributed by atoms with Crippen LogP contribution in [-0.2, 0) is 6.54 Å². The van der Waals surface area contributed by atoms with Crippen molar-refractivity contribution in [2.45, 2.75) is 19.0 Å². The van der Waals surface area contributed by atoms with Crippen molar-refractivity contribution in [3.05, 3.63) is 72.2 Å². The molecule has 4 rings (SSSR count). The molecule has 1 unspecified atom stereocenters. The quantitative estimate of drug-likeness (QED) is 0.759. The Labute approximate surface area is 151 Å². The smallest absolute Gasteiger partial charge is 0.315 e. The highest BCUT2D eigenvalue weighted by Gasteiger charge is 2.22. The number of nitrogens with zero attached hydrogens (tertiary/aromatic N) is 3. The number of nitrogens with one attached hydrogen (secondary N) is 2. The molecule has 2 amide bonds. The lowest BCUT2D eigenvalue weighted by atomic mass is 10.0. The molecular weight excluding hydrogens is 330 g/mol. The lowest BCUT2D eigenvalue weighted by Crippen LogP contribution is -2.39. The monoisotopic (exact) mass is 349 g/mol. The number of carbonyl (C=O) groups is 1. The predicted molar refractivity (Wildman–Crippen MR) is 96.0 cm³/mol. The number of aromatic nitrogens is 3. The molecular formula is C19H19N5O2. The molecule has 132 valence electrons. The number of benzene rings is 1. The summed E-state index contributed by atoms with van der Waals surface area (Å²) < 4.78 is 7.31. The maximum Gasteiger partial charge on any atom is 0.315 e. The molecule has 0 radical (unpaired) electrons. The van der Waals surface area contributed by atoms with E-state index in [1.165, 1.54) is 0 Å². The van der Waals surface area contributed by atoms with Gasteiger partial charge in [0.05, 0.1) is 12.6 Å². The fourth-order valence-electron chi connectivity index (χ4n) is 2.98. The van der Waals surface area contributed by atoms with Gasteiger partial charge >= 0.3 is 6.03 Å². The molecule has 1 aliphatic heterocycles. The first-order chi connectivity index (χ1) is 12.8. The minimum absolute atomic E-state index is 0.0444. The van der Waals surface area contributed by atoms with Crippen molar-refractivity contribution >= 4 is 6.03 Å². The molecule has 1 aliphatic rings. The fourth-order valence-corrected chi connectivity index (χ4v) is 2.98. The van der Waals surface area contributed by atoms with Crippen molar-refractivity contribution < 1.29 is 9.53 Å². The Balaban J connectivity index is 1.37. The van der Waals surface area contributed by atoms with Gasteiger partial charge in [-0.2, -0.15) is 5.10 Å². The van der Waals surface area contributed by atoms with Crippen LogP contribution in [0.4, 0.5) is 4.79 Å². The van der Waals surface area contributed by atoms with Gasteiger partial charge in [-0.3, -0.25) is 0 Å². The number of para-hydroxylation sites is 1. The molecule has 0 saturated heterocycles. The summed E-state index contributed by atoms with van der Waals surface area (Å²) in [5, 5.41) is 10.1. The van der Waals surface area contributed by atoms with Crippen molar-refractivity contribution in [3.8, 4) is 11.6 Å². The zero-order chi connectivity index (χ0) is 17.8. The van der Waals surface area contributed by atoms with Crippen LogP contribution >= 0.6 is 0 Å². The third-order valence-electron chi connectivity index (χ3n) is 4.27. The summed E-state index contributed by atoms with van der Waals surface area (Å²) >= 11 is 0. The first kappa shape index (κ1) is 16.1. The van der Waals surface area contributed by atoms with E-state index in [4.69, 9.17) is 4.74 Å². The number of pyridine rings is 1. The predicted octanol–water partition coefficient (Wildman–Crippen LogP) is 2.59. The Morgan fingerprint density at radius 2 is 2.15 bits per heavy atom. The average Bonchev–Trinajstić information content (AvgIpc) is 3.22. The van der Waals surface area contributed by atoms with E-state index in [1.54, 1.807) is 17.1 Å². The fraction of sp³-hybridized carbons (Fsp3) is 0.211. The van der Waals surface area contributed by atoms with Crippen LogP contribution < -0.4 is 15.4 Å². The van der Waals surface area contributed by atoms with E-state index in [2.05, 4.69) is 20.7 Å². The second-order valence-electron chi connectivity index (χ2n) is 6.03. The minimum atomic E-state index is -0.204. The molecule has 0 aliphatic carbocycles. The molecule has 0 fully saturated rings. The van der Waals surface area contributed by atoms with E-state index >= 15 is 0 Å². The second kappa shape index (κ2) is 7.26. The molecule has 0 spiro atoms. The number of rotatable bonds is 4. The third kappa shape index (κ3) is 3.51. The van der Waals surface area contributed by atoms with E-state index in [9.17, 15) is 4.79 Å². The van der Waals surface area contributed by atoms with Crippen molar-refractivity contribution in [1.29, 1.82) is 0 Å². The van der Waals surface area contributed by atoms with Crippen LogP contribution in [0.25, 0.3) is 5.82 Å². The lowest BCUT2D eigenvalue weighted by molar-refractivity contribution is 0.223. The number of amides is 2. The molecule has 2 N–H and O–H groups in total. The molecule has 2 aromatic heterocycles. The van der Waals surface area contributed by atoms with Crippen molar-refractivity contribution in [2.75, 3.05) is 6.61 Å². The number of urea groups is 1. The number of carbonyl (C=O) groups excluding carboxylic acids is 1. The molecule has 1 atom stereocenters. The maximum atomic E-state index is 12.3. The van der Waals surface area contributed by atoms with Gasteiger partial charge in [-0.25, -0.2) is 14.5 Å². The van der Waals surface area contributed by atoms with Crippen molar-refractivity contribution in [1.82, 2.24) is 25.4 Å². The van der Waals surface area contributed by atoms with Gasteiger partial charge in [-0.05, 0) is 29.8 Å². The van der Waals surface area contributed by atoms with Gasteiger partial charge in [0, 0.05) is 37.1 Å². The molecule has 0 saturated carbocycles. The van der Waals surface area contributed by atoms with Crippen molar-refractivity contribution in [3.63, 3.8) is 0 Å². The SMILES string of the molecule is O=C(NCc1ccnc(-n2cccn2)c1)NC1CCOc2ccccc21. The lowest BCUT2D eigenvalue weighted by Gasteiger charge is -2.26. The summed E-state index contributed by atoms with van der Waals surface area (Å²) in [5.41, 5.74) is 1.96. The molecule has 1 aromatic carbocycles. The Bertz CT molecular complexity index is 894. The van der Waals surface area contributed by atoms with Gasteiger partial charge in [-0.1, -0.05) is 18.2 Å². The van der Waals surface area contributed by atoms with Crippen LogP contribution in [0.15, 0.2) is 61.1 Å². The normalized spacial score (nSPS) is 15.6. The van der Waals surface area contributed by atoms with Crippen LogP contribution in [0.1, 0.15) is 23.6 Å². The highest BCUT2D eigenvalue weighted by Crippen LogP contribution is 2.31. The molecule has 3 heterocycles. The first-order valence-corrected chi connectivity index (χ1v) is 8.50. The Morgan fingerprint density at radius 3 is 3.04 bits per heavy atom. The highest BCUT2D eigenvalue weighted by molar-refractivity contribution is 5.74. The van der Waals surface area contributed by atoms with Crippen LogP contribution in [0.5, 0.6) is 5.75 Å². The summed E-state index contributed by atoms with van der Waals surface area (Å²) in [4.78, 5) is 16.6. The molecule has 0 bridgehead atoms. The van der Waals surface area contributed by atoms with Gasteiger partial charge in [0.2, 0.25) is 0 Å². The van der Waals surface area contributed by atoms with Crippen LogP contribution in [-0.4, -0.2) is 27.4 Å². The molecule has 3 aromatic rings. The van der Waals surface area contributed by atoms with Crippen LogP contribution in [0, 0.1) is 0 Å². The van der Waals surface area contributed by atoms with Crippen LogP contribution in [0.3, 0.4) is 0 Å². The van der Waals surface area contributed by atoms with Gasteiger partial charge in [0.25, 0.3) is 0 Å². The number of ether oxygens (including phenoxy) is 1. The van der Waals surface area contributed by atoms with E-state index in [-0.39, 0.29) is 12.1 Å². The summed E-state index contributed by atoms with van der Waals surface area (Å²) in [6.45, 7) is 1.01. The third-order valence-corrected chi connectivity index (χ3v) is 4.27. The molecule has 7 heteroatoms. The molecule has 7 nitrogen and oxygen atoms in total. The Kier molecular flexibility index (Phi) is 4.51. The Hall–Kier alpha value is -3.35. The first-order valence-electron chi connectivity index (χ1n) is 8.50. The average molecular weight is 349 g/mol. The van der Waals surface area contributed by atoms with Gasteiger partial charge in [-0.15, -0.1) is 0 Å². The van der Waals surface area contributed by atoms with E-state index < -0.39 is 0 Å². The number of hydrogen-bond acceptors (Lipinski definition) is 4. The minimum Gasteiger partial charge on any atom is -0.493 e. The van der Waals surface area contributed by atoms with Gasteiger partial charge in [0.1, 0.15) is 5.75 Å². The second-order valence-corrected chi connectivity index (χ2v) is 6.03. The zero-order valence-corrected chi connectivity index (χ0v) is 14.1. The van der Waals surface area contributed by atoms with Crippen LogP contribution in [0.2, 0.25) is 0 Å².